The average molecular weight is 396 g/mol. The molecule has 0 spiro atoms. The molecular weight excluding hydrogens is 385 g/mol. The minimum atomic E-state index is -1.08. The Morgan fingerprint density at radius 3 is 2.62 bits per heavy atom. The largest absolute Gasteiger partial charge is 0.328 e. The molecule has 0 bridgehead atoms. The molecule has 29 heavy (non-hydrogen) atoms. The van der Waals surface area contributed by atoms with Crippen molar-refractivity contribution in [1.82, 2.24) is 28.9 Å². The number of aromatic nitrogens is 6. The second-order valence-electron chi connectivity index (χ2n) is 6.37. The van der Waals surface area contributed by atoms with Gasteiger partial charge in [0.05, 0.1) is 18.9 Å². The molecule has 0 saturated heterocycles. The predicted octanol–water partition coefficient (Wildman–Crippen LogP) is 2.90. The van der Waals surface area contributed by atoms with E-state index in [9.17, 15) is 18.0 Å². The van der Waals surface area contributed by atoms with Gasteiger partial charge in [-0.1, -0.05) is 6.07 Å². The van der Waals surface area contributed by atoms with Gasteiger partial charge in [0.1, 0.15) is 34.3 Å². The van der Waals surface area contributed by atoms with E-state index in [2.05, 4.69) is 19.9 Å². The fraction of sp³-hybridized carbons (Fsp3) is 0.0526. The number of aromatic amines is 1. The summed E-state index contributed by atoms with van der Waals surface area (Å²) in [7, 11) is 0. The van der Waals surface area contributed by atoms with Crippen molar-refractivity contribution in [2.45, 2.75) is 6.54 Å². The molecule has 5 rings (SSSR count). The molecule has 0 unspecified atom stereocenters. The zero-order valence-electron chi connectivity index (χ0n) is 14.6. The third-order valence-corrected chi connectivity index (χ3v) is 4.58. The van der Waals surface area contributed by atoms with Crippen molar-refractivity contribution in [3.05, 3.63) is 82.4 Å². The van der Waals surface area contributed by atoms with Gasteiger partial charge in [-0.3, -0.25) is 8.97 Å². The van der Waals surface area contributed by atoms with Gasteiger partial charge in [-0.2, -0.15) is 0 Å². The highest BCUT2D eigenvalue weighted by Crippen LogP contribution is 2.20. The van der Waals surface area contributed by atoms with Crippen molar-refractivity contribution in [2.24, 2.45) is 0 Å². The molecule has 4 aromatic heterocycles. The van der Waals surface area contributed by atoms with Crippen molar-refractivity contribution >= 4 is 16.8 Å². The molecule has 1 aromatic carbocycles. The molecule has 5 aromatic rings. The number of fused-ring (bicyclic) bond motifs is 2. The van der Waals surface area contributed by atoms with E-state index in [0.717, 1.165) is 4.57 Å². The van der Waals surface area contributed by atoms with Crippen LogP contribution >= 0.6 is 0 Å². The number of H-pyrrole nitrogens is 1. The first-order valence-electron chi connectivity index (χ1n) is 8.53. The van der Waals surface area contributed by atoms with Gasteiger partial charge in [-0.05, 0) is 12.1 Å². The number of imidazole rings is 2. The SMILES string of the molecule is O=c1[nH]c2cnc(-c3cnc4ccccn34)nc2n1Cc1c(F)cc(F)cc1F. The summed E-state index contributed by atoms with van der Waals surface area (Å²) in [6, 6.07) is 6.61. The number of hydrogen-bond donors (Lipinski definition) is 1. The Kier molecular flexibility index (Phi) is 3.73. The van der Waals surface area contributed by atoms with Gasteiger partial charge in [0.15, 0.2) is 11.5 Å². The molecule has 4 heterocycles. The van der Waals surface area contributed by atoms with Crippen LogP contribution in [-0.4, -0.2) is 28.9 Å². The van der Waals surface area contributed by atoms with Crippen molar-refractivity contribution in [2.75, 3.05) is 0 Å². The average Bonchev–Trinajstić information content (AvgIpc) is 3.25. The zero-order valence-corrected chi connectivity index (χ0v) is 14.6. The molecular formula is C19H11F3N6O. The fourth-order valence-corrected chi connectivity index (χ4v) is 3.19. The third kappa shape index (κ3) is 2.76. The van der Waals surface area contributed by atoms with E-state index in [0.29, 0.717) is 29.0 Å². The normalized spacial score (nSPS) is 11.6. The van der Waals surface area contributed by atoms with Crippen LogP contribution in [0, 0.1) is 17.5 Å². The number of benzene rings is 1. The lowest BCUT2D eigenvalue weighted by molar-refractivity contribution is 0.516. The Morgan fingerprint density at radius 1 is 1.03 bits per heavy atom. The van der Waals surface area contributed by atoms with E-state index in [-0.39, 0.29) is 11.5 Å². The van der Waals surface area contributed by atoms with E-state index in [1.165, 1.54) is 6.20 Å². The fourth-order valence-electron chi connectivity index (χ4n) is 3.19. The lowest BCUT2D eigenvalue weighted by Crippen LogP contribution is -2.19. The Hall–Kier alpha value is -3.95. The quantitative estimate of drug-likeness (QED) is 0.509. The maximum Gasteiger partial charge on any atom is 0.328 e. The van der Waals surface area contributed by atoms with Crippen LogP contribution in [0.2, 0.25) is 0 Å². The van der Waals surface area contributed by atoms with Crippen LogP contribution in [0.1, 0.15) is 5.56 Å². The van der Waals surface area contributed by atoms with Gasteiger partial charge in [0, 0.05) is 23.9 Å². The van der Waals surface area contributed by atoms with Gasteiger partial charge in [-0.25, -0.2) is 32.9 Å². The molecule has 0 amide bonds. The van der Waals surface area contributed by atoms with E-state index in [4.69, 9.17) is 0 Å². The van der Waals surface area contributed by atoms with Gasteiger partial charge < -0.3 is 4.98 Å². The Balaban J connectivity index is 1.67. The van der Waals surface area contributed by atoms with Crippen LogP contribution in [0.4, 0.5) is 13.2 Å². The lowest BCUT2D eigenvalue weighted by Gasteiger charge is -2.07. The molecule has 0 aliphatic carbocycles. The highest BCUT2D eigenvalue weighted by atomic mass is 19.1. The predicted molar refractivity (Wildman–Crippen MR) is 97.8 cm³/mol. The molecule has 144 valence electrons. The number of halogens is 3. The summed E-state index contributed by atoms with van der Waals surface area (Å²) in [5.41, 5.74) is 0.677. The molecule has 0 saturated carbocycles. The Morgan fingerprint density at radius 2 is 1.83 bits per heavy atom. The van der Waals surface area contributed by atoms with Crippen molar-refractivity contribution < 1.29 is 13.2 Å². The summed E-state index contributed by atoms with van der Waals surface area (Å²) in [6.07, 6.45) is 4.79. The highest BCUT2D eigenvalue weighted by Gasteiger charge is 2.18. The standard InChI is InChI=1S/C19H11F3N6O/c20-10-5-12(21)11(13(22)6-10)9-28-18-14(25-19(28)29)7-24-17(26-18)15-8-23-16-3-1-2-4-27(15)16/h1-8H,9H2,(H,25,29). The van der Waals surface area contributed by atoms with Gasteiger partial charge >= 0.3 is 5.69 Å². The smallest absolute Gasteiger partial charge is 0.303 e. The van der Waals surface area contributed by atoms with Crippen LogP contribution in [0.15, 0.2) is 53.7 Å². The van der Waals surface area contributed by atoms with Crippen LogP contribution < -0.4 is 5.69 Å². The van der Waals surface area contributed by atoms with Gasteiger partial charge in [0.25, 0.3) is 0 Å². The van der Waals surface area contributed by atoms with Gasteiger partial charge in [-0.15, -0.1) is 0 Å². The summed E-state index contributed by atoms with van der Waals surface area (Å²) in [5, 5.41) is 0. The second kappa shape index (κ2) is 6.30. The maximum absolute atomic E-state index is 14.1. The first kappa shape index (κ1) is 17.2. The topological polar surface area (TPSA) is 80.9 Å². The molecule has 0 aliphatic heterocycles. The number of rotatable bonds is 3. The number of hydrogen-bond acceptors (Lipinski definition) is 4. The number of pyridine rings is 1. The molecule has 0 fully saturated rings. The first-order valence-corrected chi connectivity index (χ1v) is 8.53. The summed E-state index contributed by atoms with van der Waals surface area (Å²) in [4.78, 5) is 27.8. The van der Waals surface area contributed by atoms with E-state index in [1.54, 1.807) is 16.8 Å². The molecule has 0 aliphatic rings. The highest BCUT2D eigenvalue weighted by molar-refractivity contribution is 5.72. The van der Waals surface area contributed by atoms with Crippen LogP contribution in [0.25, 0.3) is 28.3 Å². The third-order valence-electron chi connectivity index (χ3n) is 4.58. The molecule has 10 heteroatoms. The summed E-state index contributed by atoms with van der Waals surface area (Å²) in [5.74, 6) is -2.92. The lowest BCUT2D eigenvalue weighted by atomic mass is 10.2. The minimum Gasteiger partial charge on any atom is -0.303 e. The molecule has 7 nitrogen and oxygen atoms in total. The van der Waals surface area contributed by atoms with Crippen molar-refractivity contribution in [1.29, 1.82) is 0 Å². The monoisotopic (exact) mass is 396 g/mol. The van der Waals surface area contributed by atoms with E-state index < -0.39 is 35.2 Å². The van der Waals surface area contributed by atoms with E-state index >= 15 is 0 Å². The maximum atomic E-state index is 14.1. The molecule has 0 radical (unpaired) electrons. The van der Waals surface area contributed by atoms with Crippen LogP contribution in [-0.2, 0) is 6.54 Å². The number of nitrogens with one attached hydrogen (secondary N) is 1. The number of nitrogens with zero attached hydrogens (tertiary/aromatic N) is 5. The van der Waals surface area contributed by atoms with Crippen molar-refractivity contribution in [3.63, 3.8) is 0 Å². The Labute approximate surface area is 160 Å². The van der Waals surface area contributed by atoms with Gasteiger partial charge in [0.2, 0.25) is 0 Å². The summed E-state index contributed by atoms with van der Waals surface area (Å²) in [6.45, 7) is -0.458. The summed E-state index contributed by atoms with van der Waals surface area (Å²) >= 11 is 0. The van der Waals surface area contributed by atoms with Crippen molar-refractivity contribution in [3.8, 4) is 11.5 Å². The second-order valence-corrected chi connectivity index (χ2v) is 6.37. The van der Waals surface area contributed by atoms with Crippen LogP contribution in [0.3, 0.4) is 0 Å². The first-order chi connectivity index (χ1) is 14.0. The van der Waals surface area contributed by atoms with Crippen LogP contribution in [0.5, 0.6) is 0 Å². The zero-order chi connectivity index (χ0) is 20.1. The molecule has 0 atom stereocenters. The Bertz CT molecular complexity index is 1430. The minimum absolute atomic E-state index is 0.161. The molecule has 1 N–H and O–H groups in total. The van der Waals surface area contributed by atoms with E-state index in [1.807, 2.05) is 18.2 Å². The summed E-state index contributed by atoms with van der Waals surface area (Å²) < 4.78 is 44.1.